The maximum atomic E-state index is 12.4. The SMILES string of the molecule is CCN(CC)CCCC(C)NC(=O)CN(C)c1nc(Cc2cccc(OC)c2)ns1. The smallest absolute Gasteiger partial charge is 0.239 e. The highest BCUT2D eigenvalue weighted by atomic mass is 32.1. The average molecular weight is 434 g/mol. The van der Waals surface area contributed by atoms with Gasteiger partial charge in [-0.2, -0.15) is 4.37 Å². The number of amides is 1. The molecule has 0 aliphatic heterocycles. The van der Waals surface area contributed by atoms with Gasteiger partial charge in [0.25, 0.3) is 0 Å². The summed E-state index contributed by atoms with van der Waals surface area (Å²) in [6, 6.07) is 8.06. The normalized spacial score (nSPS) is 12.1. The zero-order valence-corrected chi connectivity index (χ0v) is 19.7. The second-order valence-corrected chi connectivity index (χ2v) is 8.25. The Morgan fingerprint density at radius 3 is 2.77 bits per heavy atom. The van der Waals surface area contributed by atoms with Crippen LogP contribution >= 0.6 is 11.5 Å². The second kappa shape index (κ2) is 12.5. The molecule has 1 aromatic carbocycles. The monoisotopic (exact) mass is 433 g/mol. The molecule has 0 radical (unpaired) electrons. The lowest BCUT2D eigenvalue weighted by Crippen LogP contribution is -2.40. The fraction of sp³-hybridized carbons (Fsp3) is 0.591. The lowest BCUT2D eigenvalue weighted by atomic mass is 10.1. The topological polar surface area (TPSA) is 70.6 Å². The number of nitrogens with one attached hydrogen (secondary N) is 1. The number of benzene rings is 1. The van der Waals surface area contributed by atoms with E-state index in [2.05, 4.69) is 40.3 Å². The molecule has 166 valence electrons. The van der Waals surface area contributed by atoms with E-state index in [-0.39, 0.29) is 18.5 Å². The Bertz CT molecular complexity index is 778. The second-order valence-electron chi connectivity index (χ2n) is 7.52. The van der Waals surface area contributed by atoms with Crippen LogP contribution in [-0.2, 0) is 11.2 Å². The Kier molecular flexibility index (Phi) is 10.0. The number of carbonyl (C=O) groups excluding carboxylic acids is 1. The van der Waals surface area contributed by atoms with Gasteiger partial charge in [0.2, 0.25) is 11.0 Å². The zero-order chi connectivity index (χ0) is 21.9. The van der Waals surface area contributed by atoms with Crippen LogP contribution in [0.25, 0.3) is 0 Å². The van der Waals surface area contributed by atoms with Crippen molar-refractivity contribution in [2.75, 3.05) is 45.2 Å². The Hall–Kier alpha value is -2.19. The number of rotatable bonds is 13. The van der Waals surface area contributed by atoms with Crippen molar-refractivity contribution in [2.45, 2.75) is 46.1 Å². The lowest BCUT2D eigenvalue weighted by Gasteiger charge is -2.21. The van der Waals surface area contributed by atoms with Crippen molar-refractivity contribution in [2.24, 2.45) is 0 Å². The molecule has 0 spiro atoms. The molecule has 1 amide bonds. The van der Waals surface area contributed by atoms with E-state index in [9.17, 15) is 4.79 Å². The lowest BCUT2D eigenvalue weighted by molar-refractivity contribution is -0.120. The number of carbonyl (C=O) groups is 1. The summed E-state index contributed by atoms with van der Waals surface area (Å²) in [5, 5.41) is 3.84. The molecule has 2 rings (SSSR count). The summed E-state index contributed by atoms with van der Waals surface area (Å²) in [6.45, 7) is 9.92. The molecule has 0 aliphatic rings. The summed E-state index contributed by atoms with van der Waals surface area (Å²) in [6.07, 6.45) is 2.70. The van der Waals surface area contributed by atoms with Gasteiger partial charge in [0.1, 0.15) is 11.6 Å². The van der Waals surface area contributed by atoms with Crippen LogP contribution in [0.1, 0.15) is 45.0 Å². The van der Waals surface area contributed by atoms with Crippen molar-refractivity contribution in [3.8, 4) is 5.75 Å². The first-order valence-electron chi connectivity index (χ1n) is 10.6. The standard InChI is InChI=1S/C22H35N5O2S/c1-6-27(7-2)13-9-10-17(3)23-21(28)16-26(4)22-24-20(25-30-22)15-18-11-8-12-19(14-18)29-5/h8,11-12,14,17H,6-7,9-10,13,15-16H2,1-5H3,(H,23,28). The van der Waals surface area contributed by atoms with Crippen molar-refractivity contribution in [1.29, 1.82) is 0 Å². The fourth-order valence-corrected chi connectivity index (χ4v) is 3.92. The third kappa shape index (κ3) is 7.91. The van der Waals surface area contributed by atoms with Gasteiger partial charge in [-0.3, -0.25) is 4.79 Å². The van der Waals surface area contributed by atoms with Gasteiger partial charge in [-0.1, -0.05) is 26.0 Å². The molecule has 1 unspecified atom stereocenters. The molecule has 8 heteroatoms. The summed E-state index contributed by atoms with van der Waals surface area (Å²) in [4.78, 5) is 21.2. The van der Waals surface area contributed by atoms with Gasteiger partial charge in [-0.15, -0.1) is 0 Å². The Balaban J connectivity index is 1.78. The molecule has 0 aliphatic carbocycles. The van der Waals surface area contributed by atoms with E-state index in [4.69, 9.17) is 4.74 Å². The molecule has 1 atom stereocenters. The van der Waals surface area contributed by atoms with Crippen LogP contribution in [0.4, 0.5) is 5.13 Å². The fourth-order valence-electron chi connectivity index (χ4n) is 3.27. The first-order valence-corrected chi connectivity index (χ1v) is 11.4. The Labute approximate surface area is 184 Å². The highest BCUT2D eigenvalue weighted by molar-refractivity contribution is 7.09. The summed E-state index contributed by atoms with van der Waals surface area (Å²) in [7, 11) is 3.53. The number of aromatic nitrogens is 2. The van der Waals surface area contributed by atoms with Crippen LogP contribution < -0.4 is 15.0 Å². The molecule has 1 heterocycles. The molecule has 1 N–H and O–H groups in total. The van der Waals surface area contributed by atoms with Gasteiger partial charge in [0, 0.05) is 31.0 Å². The van der Waals surface area contributed by atoms with Gasteiger partial charge in [0.15, 0.2) is 0 Å². The van der Waals surface area contributed by atoms with Crippen LogP contribution in [-0.4, -0.2) is 66.5 Å². The largest absolute Gasteiger partial charge is 0.497 e. The first kappa shape index (κ1) is 24.1. The first-order chi connectivity index (χ1) is 14.4. The van der Waals surface area contributed by atoms with E-state index in [1.54, 1.807) is 7.11 Å². The van der Waals surface area contributed by atoms with E-state index >= 15 is 0 Å². The van der Waals surface area contributed by atoms with Crippen LogP contribution in [0.15, 0.2) is 24.3 Å². The van der Waals surface area contributed by atoms with Crippen molar-refractivity contribution < 1.29 is 9.53 Å². The van der Waals surface area contributed by atoms with Gasteiger partial charge >= 0.3 is 0 Å². The third-order valence-corrected chi connectivity index (χ3v) is 5.94. The summed E-state index contributed by atoms with van der Waals surface area (Å²) >= 11 is 1.32. The minimum Gasteiger partial charge on any atom is -0.497 e. The van der Waals surface area contributed by atoms with Gasteiger partial charge in [-0.05, 0) is 57.1 Å². The number of ether oxygens (including phenoxy) is 1. The molecule has 30 heavy (non-hydrogen) atoms. The Morgan fingerprint density at radius 1 is 1.30 bits per heavy atom. The molecule has 0 saturated heterocycles. The van der Waals surface area contributed by atoms with Crippen LogP contribution in [0.3, 0.4) is 0 Å². The molecular formula is C22H35N5O2S. The summed E-state index contributed by atoms with van der Waals surface area (Å²) in [5.41, 5.74) is 1.10. The summed E-state index contributed by atoms with van der Waals surface area (Å²) in [5.74, 6) is 1.58. The van der Waals surface area contributed by atoms with Crippen LogP contribution in [0.2, 0.25) is 0 Å². The number of nitrogens with zero attached hydrogens (tertiary/aromatic N) is 4. The van der Waals surface area contributed by atoms with E-state index in [1.807, 2.05) is 36.2 Å². The van der Waals surface area contributed by atoms with Crippen LogP contribution in [0.5, 0.6) is 5.75 Å². The molecule has 0 bridgehead atoms. The Morgan fingerprint density at radius 2 is 2.07 bits per heavy atom. The number of methoxy groups -OCH3 is 1. The van der Waals surface area contributed by atoms with Crippen LogP contribution in [0, 0.1) is 0 Å². The molecule has 2 aromatic rings. The highest BCUT2D eigenvalue weighted by Gasteiger charge is 2.14. The molecular weight excluding hydrogens is 398 g/mol. The summed E-state index contributed by atoms with van der Waals surface area (Å²) < 4.78 is 9.71. The zero-order valence-electron chi connectivity index (χ0n) is 18.9. The predicted octanol–water partition coefficient (Wildman–Crippen LogP) is 3.20. The quantitative estimate of drug-likeness (QED) is 0.523. The van der Waals surface area contributed by atoms with Gasteiger partial charge in [-0.25, -0.2) is 4.98 Å². The van der Waals surface area contributed by atoms with E-state index < -0.39 is 0 Å². The van der Waals surface area contributed by atoms with Gasteiger partial charge in [0.05, 0.1) is 13.7 Å². The minimum atomic E-state index is 0.0115. The van der Waals surface area contributed by atoms with E-state index in [0.717, 1.165) is 54.7 Å². The maximum Gasteiger partial charge on any atom is 0.239 e. The highest BCUT2D eigenvalue weighted by Crippen LogP contribution is 2.19. The molecule has 0 fully saturated rings. The van der Waals surface area contributed by atoms with Crippen molar-refractivity contribution in [3.63, 3.8) is 0 Å². The molecule has 0 saturated carbocycles. The van der Waals surface area contributed by atoms with Gasteiger partial charge < -0.3 is 19.9 Å². The number of anilines is 1. The van der Waals surface area contributed by atoms with Crippen molar-refractivity contribution in [1.82, 2.24) is 19.6 Å². The average Bonchev–Trinajstić information content (AvgIpc) is 3.20. The maximum absolute atomic E-state index is 12.4. The van der Waals surface area contributed by atoms with E-state index in [1.165, 1.54) is 11.5 Å². The third-order valence-electron chi connectivity index (χ3n) is 5.07. The molecule has 7 nitrogen and oxygen atoms in total. The molecule has 1 aromatic heterocycles. The minimum absolute atomic E-state index is 0.0115. The predicted molar refractivity (Wildman–Crippen MR) is 124 cm³/mol. The number of hydrogen-bond donors (Lipinski definition) is 1. The van der Waals surface area contributed by atoms with Crippen molar-refractivity contribution >= 4 is 22.6 Å². The number of hydrogen-bond acceptors (Lipinski definition) is 7. The number of likely N-dealkylation sites (N-methyl/N-ethyl adjacent to an activating group) is 1. The van der Waals surface area contributed by atoms with Crippen molar-refractivity contribution in [3.05, 3.63) is 35.7 Å². The van der Waals surface area contributed by atoms with E-state index in [0.29, 0.717) is 6.42 Å².